The molecule has 6 nitrogen and oxygen atoms in total. The molecule has 2 aliphatic heterocycles. The quantitative estimate of drug-likeness (QED) is 0.101. The molecule has 5 aromatic rings. The Morgan fingerprint density at radius 1 is 0.368 bits per heavy atom. The summed E-state index contributed by atoms with van der Waals surface area (Å²) in [5.74, 6) is -2.99. The molecular weight excluding hydrogens is 640 g/mol. The average Bonchev–Trinajstić information content (AvgIpc) is 2.85. The zero-order valence-corrected chi connectivity index (χ0v) is 23.6. The van der Waals surface area contributed by atoms with Crippen LogP contribution >= 0.6 is 81.2 Å². The van der Waals surface area contributed by atoms with Crippen molar-refractivity contribution in [3.05, 3.63) is 63.0 Å². The molecule has 38 heavy (non-hydrogen) atoms. The second-order valence-corrected chi connectivity index (χ2v) is 11.5. The minimum atomic E-state index is -0.782. The minimum Gasteiger partial charge on any atom is -0.288 e. The standard InChI is InChI=1S/C25H5Cl7N2O4/c1-2-3-4-5-8(15(2)26)9-6-7-13(20(31)16(9)27)24(37)34-25(38)14(7)21(32)18(29)11(6)10(5)17(28)19(30)12(4)23(36)33-22(3)35/h1H3,(H,33,35,36)(H,34,37,38). The number of amides is 4. The minimum absolute atomic E-state index is 0.0286. The summed E-state index contributed by atoms with van der Waals surface area (Å²) in [5.41, 5.74) is 0.265. The molecule has 0 atom stereocenters. The molecule has 13 heteroatoms. The molecule has 0 unspecified atom stereocenters. The Bertz CT molecular complexity index is 1850. The third-order valence-electron chi connectivity index (χ3n) is 7.18. The Balaban J connectivity index is 2.01. The van der Waals surface area contributed by atoms with E-state index in [4.69, 9.17) is 81.2 Å². The van der Waals surface area contributed by atoms with Crippen molar-refractivity contribution in [1.29, 1.82) is 0 Å². The second-order valence-electron chi connectivity index (χ2n) is 8.89. The molecular formula is C25H5Cl7N2O4. The highest BCUT2D eigenvalue weighted by atomic mass is 35.5. The molecule has 0 aliphatic carbocycles. The average molecular weight is 645 g/mol. The van der Waals surface area contributed by atoms with E-state index < -0.39 is 23.6 Å². The predicted molar refractivity (Wildman–Crippen MR) is 151 cm³/mol. The van der Waals surface area contributed by atoms with Gasteiger partial charge in [-0.25, -0.2) is 0 Å². The molecule has 2 aliphatic rings. The highest BCUT2D eigenvalue weighted by molar-refractivity contribution is 6.62. The summed E-state index contributed by atoms with van der Waals surface area (Å²) >= 11 is 47.3. The van der Waals surface area contributed by atoms with Gasteiger partial charge in [0.25, 0.3) is 23.6 Å². The molecule has 2 N–H and O–H groups in total. The monoisotopic (exact) mass is 642 g/mol. The molecule has 0 spiro atoms. The number of halogens is 7. The number of benzene rings is 5. The van der Waals surface area contributed by atoms with E-state index in [1.54, 1.807) is 6.92 Å². The molecule has 0 aromatic heterocycles. The lowest BCUT2D eigenvalue weighted by Crippen LogP contribution is -2.36. The summed E-state index contributed by atoms with van der Waals surface area (Å²) in [5, 5.41) is 5.68. The molecule has 0 fully saturated rings. The number of nitrogens with one attached hydrogen (secondary N) is 2. The Kier molecular flexibility index (Phi) is 4.99. The lowest BCUT2D eigenvalue weighted by atomic mass is 9.81. The van der Waals surface area contributed by atoms with Gasteiger partial charge in [0.05, 0.1) is 57.4 Å². The fraction of sp³-hybridized carbons (Fsp3) is 0.0400. The maximum Gasteiger partial charge on any atom is 0.260 e. The smallest absolute Gasteiger partial charge is 0.260 e. The zero-order chi connectivity index (χ0) is 27.3. The lowest BCUT2D eigenvalue weighted by molar-refractivity contribution is 0.0828. The molecule has 4 amide bonds. The Morgan fingerprint density at radius 3 is 1.03 bits per heavy atom. The van der Waals surface area contributed by atoms with Crippen LogP contribution < -0.4 is 10.6 Å². The topological polar surface area (TPSA) is 92.3 Å². The fourth-order valence-corrected chi connectivity index (χ4v) is 7.69. The first kappa shape index (κ1) is 24.7. The van der Waals surface area contributed by atoms with Crippen molar-refractivity contribution < 1.29 is 19.2 Å². The van der Waals surface area contributed by atoms with Gasteiger partial charge in [-0.1, -0.05) is 81.2 Å². The first-order chi connectivity index (χ1) is 17.9. The first-order valence-electron chi connectivity index (χ1n) is 10.6. The molecule has 188 valence electrons. The van der Waals surface area contributed by atoms with Gasteiger partial charge in [-0.05, 0) is 12.5 Å². The van der Waals surface area contributed by atoms with Gasteiger partial charge in [-0.2, -0.15) is 0 Å². The van der Waals surface area contributed by atoms with Crippen molar-refractivity contribution >= 4 is 148 Å². The van der Waals surface area contributed by atoms with Crippen LogP contribution in [0.5, 0.6) is 0 Å². The van der Waals surface area contributed by atoms with E-state index in [0.717, 1.165) is 0 Å². The number of fused-ring (bicyclic) bond motifs is 2. The van der Waals surface area contributed by atoms with Gasteiger partial charge in [-0.3, -0.25) is 29.8 Å². The molecule has 0 radical (unpaired) electrons. The first-order valence-corrected chi connectivity index (χ1v) is 13.3. The summed E-state index contributed by atoms with van der Waals surface area (Å²) in [6, 6.07) is 0. The highest BCUT2D eigenvalue weighted by Crippen LogP contribution is 2.57. The number of hydrogen-bond acceptors (Lipinski definition) is 4. The molecule has 7 rings (SSSR count). The molecule has 2 heterocycles. The van der Waals surface area contributed by atoms with E-state index in [2.05, 4.69) is 10.6 Å². The van der Waals surface area contributed by atoms with E-state index in [1.165, 1.54) is 0 Å². The number of imide groups is 2. The van der Waals surface area contributed by atoms with Gasteiger partial charge in [0.2, 0.25) is 0 Å². The van der Waals surface area contributed by atoms with Crippen molar-refractivity contribution in [2.75, 3.05) is 0 Å². The van der Waals surface area contributed by atoms with Crippen molar-refractivity contribution in [3.63, 3.8) is 0 Å². The van der Waals surface area contributed by atoms with Crippen LogP contribution in [0.4, 0.5) is 0 Å². The Morgan fingerprint density at radius 2 is 0.658 bits per heavy atom. The summed E-state index contributed by atoms with van der Waals surface area (Å²) in [4.78, 5) is 51.9. The van der Waals surface area contributed by atoms with Crippen LogP contribution in [0.15, 0.2) is 0 Å². The normalized spacial score (nSPS) is 14.9. The number of hydrogen-bond donors (Lipinski definition) is 2. The lowest BCUT2D eigenvalue weighted by Gasteiger charge is -2.28. The van der Waals surface area contributed by atoms with Crippen molar-refractivity contribution in [2.45, 2.75) is 6.92 Å². The van der Waals surface area contributed by atoms with Gasteiger partial charge in [0.15, 0.2) is 0 Å². The maximum absolute atomic E-state index is 13.0. The predicted octanol–water partition coefficient (Wildman–Crippen LogP) is 8.39. The zero-order valence-electron chi connectivity index (χ0n) is 18.3. The van der Waals surface area contributed by atoms with Gasteiger partial charge in [-0.15, -0.1) is 0 Å². The van der Waals surface area contributed by atoms with Gasteiger partial charge in [0, 0.05) is 43.1 Å². The third kappa shape index (κ3) is 2.60. The number of rotatable bonds is 0. The van der Waals surface area contributed by atoms with Crippen LogP contribution in [0.2, 0.25) is 35.2 Å². The van der Waals surface area contributed by atoms with Crippen LogP contribution in [-0.2, 0) is 0 Å². The molecule has 5 aromatic carbocycles. The third-order valence-corrected chi connectivity index (χ3v) is 10.2. The van der Waals surface area contributed by atoms with Crippen molar-refractivity contribution in [1.82, 2.24) is 10.6 Å². The Hall–Kier alpha value is -2.29. The van der Waals surface area contributed by atoms with E-state index in [-0.39, 0.29) is 101 Å². The number of carbonyl (C=O) groups excluding carboxylic acids is 4. The highest BCUT2D eigenvalue weighted by Gasteiger charge is 2.39. The summed E-state index contributed by atoms with van der Waals surface area (Å²) in [6.45, 7) is 1.60. The number of carbonyl (C=O) groups is 4. The largest absolute Gasteiger partial charge is 0.288 e. The fourth-order valence-electron chi connectivity index (χ4n) is 5.73. The molecule has 0 saturated carbocycles. The Labute approximate surface area is 246 Å². The van der Waals surface area contributed by atoms with Crippen LogP contribution in [0.3, 0.4) is 0 Å². The van der Waals surface area contributed by atoms with E-state index >= 15 is 0 Å². The van der Waals surface area contributed by atoms with Crippen LogP contribution in [0, 0.1) is 6.92 Å². The second kappa shape index (κ2) is 7.67. The maximum atomic E-state index is 13.0. The van der Waals surface area contributed by atoms with Crippen LogP contribution in [-0.4, -0.2) is 23.6 Å². The summed E-state index contributed by atoms with van der Waals surface area (Å²) in [7, 11) is 0. The van der Waals surface area contributed by atoms with Crippen LogP contribution in [0.25, 0.3) is 43.1 Å². The van der Waals surface area contributed by atoms with Crippen molar-refractivity contribution in [3.8, 4) is 0 Å². The SMILES string of the molecule is Cc1c2c3c(c(Cl)c(Cl)c4c5c(Cl)c(Cl)c6c7c(c(Cl)c(Cl)c(c(c1Cl)c34)c75)C(=O)NC6=O)C(=O)NC2=O. The summed E-state index contributed by atoms with van der Waals surface area (Å²) in [6.07, 6.45) is 0. The molecule has 0 bridgehead atoms. The van der Waals surface area contributed by atoms with Crippen LogP contribution in [0.1, 0.15) is 47.0 Å². The van der Waals surface area contributed by atoms with E-state index in [1.807, 2.05) is 0 Å². The van der Waals surface area contributed by atoms with Gasteiger partial charge < -0.3 is 0 Å². The van der Waals surface area contributed by atoms with Gasteiger partial charge in [0.1, 0.15) is 0 Å². The van der Waals surface area contributed by atoms with Gasteiger partial charge >= 0.3 is 0 Å². The van der Waals surface area contributed by atoms with E-state index in [0.29, 0.717) is 5.56 Å². The molecule has 0 saturated heterocycles. The van der Waals surface area contributed by atoms with E-state index in [9.17, 15) is 19.2 Å². The summed E-state index contributed by atoms with van der Waals surface area (Å²) < 4.78 is 0. The van der Waals surface area contributed by atoms with Crippen molar-refractivity contribution in [2.24, 2.45) is 0 Å².